The van der Waals surface area contributed by atoms with E-state index in [2.05, 4.69) is 5.32 Å². The van der Waals surface area contributed by atoms with Crippen LogP contribution in [0.3, 0.4) is 0 Å². The normalized spacial score (nSPS) is 18.8. The number of benzene rings is 1. The van der Waals surface area contributed by atoms with Crippen molar-refractivity contribution in [3.05, 3.63) is 29.8 Å². The van der Waals surface area contributed by atoms with Crippen LogP contribution in [0.15, 0.2) is 24.3 Å². The fraction of sp³-hybridized carbons (Fsp3) is 0.500. The van der Waals surface area contributed by atoms with Crippen molar-refractivity contribution in [2.24, 2.45) is 0 Å². The first-order valence-corrected chi connectivity index (χ1v) is 7.69. The average molecular weight is 303 g/mol. The summed E-state index contributed by atoms with van der Waals surface area (Å²) in [5.74, 6) is -0.0634. The van der Waals surface area contributed by atoms with E-state index in [4.69, 9.17) is 4.74 Å². The van der Waals surface area contributed by atoms with Crippen LogP contribution in [0, 0.1) is 0 Å². The van der Waals surface area contributed by atoms with Gasteiger partial charge in [-0.2, -0.15) is 0 Å². The summed E-state index contributed by atoms with van der Waals surface area (Å²) in [6.07, 6.45) is 0.867. The number of fused-ring (bicyclic) bond motifs is 1. The summed E-state index contributed by atoms with van der Waals surface area (Å²) in [5.41, 5.74) is 2.14. The van der Waals surface area contributed by atoms with Crippen molar-refractivity contribution in [1.82, 2.24) is 10.2 Å². The van der Waals surface area contributed by atoms with Crippen molar-refractivity contribution >= 4 is 17.6 Å². The van der Waals surface area contributed by atoms with Gasteiger partial charge in [0.05, 0.1) is 13.2 Å². The Kier molecular flexibility index (Phi) is 4.29. The first-order valence-electron chi connectivity index (χ1n) is 7.69. The topological polar surface area (TPSA) is 61.9 Å². The number of hydrogen-bond acceptors (Lipinski definition) is 3. The highest BCUT2D eigenvalue weighted by atomic mass is 16.5. The summed E-state index contributed by atoms with van der Waals surface area (Å²) < 4.78 is 5.23. The summed E-state index contributed by atoms with van der Waals surface area (Å²) in [7, 11) is 0. The zero-order valence-corrected chi connectivity index (χ0v) is 12.7. The van der Waals surface area contributed by atoms with Crippen LogP contribution in [0.1, 0.15) is 12.5 Å². The van der Waals surface area contributed by atoms with E-state index in [9.17, 15) is 9.59 Å². The van der Waals surface area contributed by atoms with Crippen LogP contribution in [0.4, 0.5) is 10.5 Å². The largest absolute Gasteiger partial charge is 0.378 e. The minimum Gasteiger partial charge on any atom is -0.378 e. The minimum atomic E-state index is -0.540. The molecule has 0 bridgehead atoms. The molecule has 2 heterocycles. The molecule has 1 aromatic rings. The number of para-hydroxylation sites is 1. The van der Waals surface area contributed by atoms with Gasteiger partial charge in [0.2, 0.25) is 5.91 Å². The molecule has 1 saturated heterocycles. The quantitative estimate of drug-likeness (QED) is 0.887. The number of hydrogen-bond donors (Lipinski definition) is 1. The third-order valence-electron chi connectivity index (χ3n) is 4.16. The maximum atomic E-state index is 12.6. The molecule has 2 aliphatic rings. The fourth-order valence-electron chi connectivity index (χ4n) is 2.91. The van der Waals surface area contributed by atoms with E-state index in [1.165, 1.54) is 5.56 Å². The number of amides is 3. The summed E-state index contributed by atoms with van der Waals surface area (Å²) in [5, 5.41) is 2.80. The van der Waals surface area contributed by atoms with Crippen molar-refractivity contribution in [2.45, 2.75) is 19.4 Å². The van der Waals surface area contributed by atoms with Crippen LogP contribution in [0.25, 0.3) is 0 Å². The van der Waals surface area contributed by atoms with Gasteiger partial charge in [-0.25, -0.2) is 4.79 Å². The lowest BCUT2D eigenvalue weighted by atomic mass is 10.2. The summed E-state index contributed by atoms with van der Waals surface area (Å²) in [4.78, 5) is 28.2. The monoisotopic (exact) mass is 303 g/mol. The highest BCUT2D eigenvalue weighted by Gasteiger charge is 2.29. The molecule has 6 heteroatoms. The van der Waals surface area contributed by atoms with E-state index in [1.807, 2.05) is 24.3 Å². The van der Waals surface area contributed by atoms with Gasteiger partial charge in [0.15, 0.2) is 0 Å². The number of rotatable bonds is 2. The number of nitrogens with zero attached hydrogens (tertiary/aromatic N) is 2. The third kappa shape index (κ3) is 2.92. The van der Waals surface area contributed by atoms with Crippen molar-refractivity contribution < 1.29 is 14.3 Å². The lowest BCUT2D eigenvalue weighted by Gasteiger charge is -2.29. The van der Waals surface area contributed by atoms with E-state index in [0.717, 1.165) is 12.1 Å². The molecule has 0 spiro atoms. The second-order valence-corrected chi connectivity index (χ2v) is 5.64. The van der Waals surface area contributed by atoms with Gasteiger partial charge in [0.25, 0.3) is 0 Å². The molecule has 3 amide bonds. The second kappa shape index (κ2) is 6.36. The first-order chi connectivity index (χ1) is 10.7. The molecule has 118 valence electrons. The highest BCUT2D eigenvalue weighted by molar-refractivity contribution is 6.00. The number of urea groups is 1. The number of morpholine rings is 1. The van der Waals surface area contributed by atoms with E-state index >= 15 is 0 Å². The van der Waals surface area contributed by atoms with E-state index in [-0.39, 0.29) is 11.9 Å². The molecule has 1 fully saturated rings. The van der Waals surface area contributed by atoms with Gasteiger partial charge in [-0.1, -0.05) is 18.2 Å². The number of ether oxygens (including phenoxy) is 1. The number of carbonyl (C=O) groups excluding carboxylic acids is 2. The molecule has 1 atom stereocenters. The van der Waals surface area contributed by atoms with E-state index < -0.39 is 6.04 Å². The highest BCUT2D eigenvalue weighted by Crippen LogP contribution is 2.27. The molecule has 0 aromatic heterocycles. The Labute approximate surface area is 130 Å². The second-order valence-electron chi connectivity index (χ2n) is 5.64. The van der Waals surface area contributed by atoms with Crippen molar-refractivity contribution in [1.29, 1.82) is 0 Å². The molecule has 3 rings (SSSR count). The van der Waals surface area contributed by atoms with Crippen LogP contribution in [0.5, 0.6) is 0 Å². The van der Waals surface area contributed by atoms with Crippen LogP contribution in [0.2, 0.25) is 0 Å². The SMILES string of the molecule is C[C@H](NC(=O)N1CCOCC1)C(=O)N1CCc2ccccc21. The van der Waals surface area contributed by atoms with Crippen molar-refractivity contribution in [2.75, 3.05) is 37.7 Å². The third-order valence-corrected chi connectivity index (χ3v) is 4.16. The average Bonchev–Trinajstić information content (AvgIpc) is 2.99. The maximum Gasteiger partial charge on any atom is 0.318 e. The Morgan fingerprint density at radius 1 is 1.18 bits per heavy atom. The standard InChI is InChI=1S/C16H21N3O3/c1-12(17-16(21)18-8-10-22-11-9-18)15(20)19-7-6-13-4-2-3-5-14(13)19/h2-5,12H,6-11H2,1H3,(H,17,21)/t12-/m0/s1. The van der Waals surface area contributed by atoms with Crippen LogP contribution < -0.4 is 10.2 Å². The zero-order valence-electron chi connectivity index (χ0n) is 12.7. The molecule has 6 nitrogen and oxygen atoms in total. The van der Waals surface area contributed by atoms with Crippen LogP contribution >= 0.6 is 0 Å². The number of carbonyl (C=O) groups is 2. The van der Waals surface area contributed by atoms with Crippen LogP contribution in [-0.2, 0) is 16.0 Å². The van der Waals surface area contributed by atoms with Crippen molar-refractivity contribution in [3.8, 4) is 0 Å². The molecule has 0 aliphatic carbocycles. The van der Waals surface area contributed by atoms with Gasteiger partial charge in [-0.15, -0.1) is 0 Å². The molecular formula is C16H21N3O3. The van der Waals surface area contributed by atoms with E-state index in [0.29, 0.717) is 32.8 Å². The van der Waals surface area contributed by atoms with Gasteiger partial charge in [0, 0.05) is 25.3 Å². The summed E-state index contributed by atoms with van der Waals surface area (Å²) in [6.45, 7) is 4.65. The lowest BCUT2D eigenvalue weighted by Crippen LogP contribution is -2.53. The molecule has 22 heavy (non-hydrogen) atoms. The number of anilines is 1. The Bertz CT molecular complexity index is 570. The zero-order chi connectivity index (χ0) is 15.5. The molecule has 0 unspecified atom stereocenters. The molecule has 0 saturated carbocycles. The van der Waals surface area contributed by atoms with Gasteiger partial charge in [-0.3, -0.25) is 4.79 Å². The Morgan fingerprint density at radius 3 is 2.68 bits per heavy atom. The first kappa shape index (κ1) is 14.8. The Balaban J connectivity index is 1.62. The van der Waals surface area contributed by atoms with Gasteiger partial charge in [0.1, 0.15) is 6.04 Å². The molecule has 2 aliphatic heterocycles. The summed E-state index contributed by atoms with van der Waals surface area (Å²) in [6, 6.07) is 7.17. The van der Waals surface area contributed by atoms with Gasteiger partial charge in [-0.05, 0) is 25.0 Å². The van der Waals surface area contributed by atoms with Crippen LogP contribution in [-0.4, -0.2) is 55.7 Å². The summed E-state index contributed by atoms with van der Waals surface area (Å²) >= 11 is 0. The predicted octanol–water partition coefficient (Wildman–Crippen LogP) is 1.01. The molecule has 1 aromatic carbocycles. The fourth-order valence-corrected chi connectivity index (χ4v) is 2.91. The van der Waals surface area contributed by atoms with Gasteiger partial charge < -0.3 is 19.9 Å². The lowest BCUT2D eigenvalue weighted by molar-refractivity contribution is -0.120. The van der Waals surface area contributed by atoms with Crippen molar-refractivity contribution in [3.63, 3.8) is 0 Å². The Hall–Kier alpha value is -2.08. The molecular weight excluding hydrogens is 282 g/mol. The molecule has 0 radical (unpaired) electrons. The molecule has 1 N–H and O–H groups in total. The minimum absolute atomic E-state index is 0.0634. The van der Waals surface area contributed by atoms with E-state index in [1.54, 1.807) is 16.7 Å². The number of nitrogens with one attached hydrogen (secondary N) is 1. The van der Waals surface area contributed by atoms with Gasteiger partial charge >= 0.3 is 6.03 Å². The smallest absolute Gasteiger partial charge is 0.318 e. The maximum absolute atomic E-state index is 12.6. The predicted molar refractivity (Wildman–Crippen MR) is 82.9 cm³/mol. The Morgan fingerprint density at radius 2 is 1.91 bits per heavy atom.